The van der Waals surface area contributed by atoms with Gasteiger partial charge in [-0.3, -0.25) is 13.9 Å². The number of nitrogens with one attached hydrogen (secondary N) is 1. The van der Waals surface area contributed by atoms with Gasteiger partial charge in [-0.1, -0.05) is 53.6 Å². The van der Waals surface area contributed by atoms with Crippen molar-refractivity contribution >= 4 is 39.1 Å². The summed E-state index contributed by atoms with van der Waals surface area (Å²) in [7, 11) is -2.89. The third kappa shape index (κ3) is 6.22. The Bertz CT molecular complexity index is 1350. The molecule has 3 rings (SSSR count). The molecule has 2 amide bonds. The van der Waals surface area contributed by atoms with Crippen LogP contribution in [0.5, 0.6) is 0 Å². The number of sulfonamides is 1. The van der Waals surface area contributed by atoms with E-state index in [1.165, 1.54) is 49.2 Å². The summed E-state index contributed by atoms with van der Waals surface area (Å²) in [6, 6.07) is 17.2. The van der Waals surface area contributed by atoms with Gasteiger partial charge in [0, 0.05) is 18.6 Å². The first-order valence-corrected chi connectivity index (χ1v) is 13.0. The molecule has 0 aliphatic carbocycles. The molecule has 3 aromatic carbocycles. The zero-order valence-electron chi connectivity index (χ0n) is 20.1. The van der Waals surface area contributed by atoms with Gasteiger partial charge >= 0.3 is 0 Å². The third-order valence-corrected chi connectivity index (χ3v) is 7.67. The number of carbonyl (C=O) groups is 2. The molecule has 7 nitrogen and oxygen atoms in total. The molecule has 0 fully saturated rings. The first kappa shape index (κ1) is 27.2. The number of likely N-dealkylation sites (N-methyl/N-ethyl adjacent to an activating group) is 1. The second kappa shape index (κ2) is 11.5. The summed E-state index contributed by atoms with van der Waals surface area (Å²) in [6.07, 6.45) is 0. The summed E-state index contributed by atoms with van der Waals surface area (Å²) in [5, 5.41) is 2.95. The lowest BCUT2D eigenvalue weighted by Crippen LogP contribution is -2.50. The number of rotatable bonds is 9. The van der Waals surface area contributed by atoms with E-state index in [4.69, 9.17) is 11.6 Å². The summed E-state index contributed by atoms with van der Waals surface area (Å²) in [5.41, 5.74) is 1.21. The second-order valence-corrected chi connectivity index (χ2v) is 10.5. The Morgan fingerprint density at radius 2 is 1.69 bits per heavy atom. The highest BCUT2D eigenvalue weighted by Crippen LogP contribution is 2.27. The Kier molecular flexibility index (Phi) is 8.70. The second-order valence-electron chi connectivity index (χ2n) is 8.22. The van der Waals surface area contributed by atoms with Gasteiger partial charge in [0.1, 0.15) is 18.4 Å². The Balaban J connectivity index is 2.05. The number of halogens is 2. The minimum Gasteiger partial charge on any atom is -0.357 e. The van der Waals surface area contributed by atoms with E-state index in [-0.39, 0.29) is 17.1 Å². The zero-order chi connectivity index (χ0) is 26.5. The van der Waals surface area contributed by atoms with Crippen molar-refractivity contribution in [2.24, 2.45) is 0 Å². The molecule has 0 radical (unpaired) electrons. The van der Waals surface area contributed by atoms with Gasteiger partial charge in [-0.05, 0) is 55.8 Å². The lowest BCUT2D eigenvalue weighted by molar-refractivity contribution is -0.139. The highest BCUT2D eigenvalue weighted by Gasteiger charge is 2.33. The minimum atomic E-state index is -4.33. The topological polar surface area (TPSA) is 86.8 Å². The van der Waals surface area contributed by atoms with Crippen LogP contribution in [0.15, 0.2) is 77.7 Å². The molecule has 36 heavy (non-hydrogen) atoms. The first-order chi connectivity index (χ1) is 17.0. The minimum absolute atomic E-state index is 0.0102. The summed E-state index contributed by atoms with van der Waals surface area (Å²) >= 11 is 6.09. The summed E-state index contributed by atoms with van der Waals surface area (Å²) in [5.74, 6) is -1.93. The SMILES string of the molecule is CNC(=O)[C@H](C)N(Cc1cccc(Cl)c1)C(=O)CN(c1ccccc1F)S(=O)(=O)c1ccc(C)cc1. The molecule has 0 aromatic heterocycles. The molecule has 0 heterocycles. The number of aryl methyl sites for hydroxylation is 1. The number of anilines is 1. The van der Waals surface area contributed by atoms with Crippen LogP contribution in [0.1, 0.15) is 18.1 Å². The third-order valence-electron chi connectivity index (χ3n) is 5.66. The van der Waals surface area contributed by atoms with Gasteiger partial charge in [0.05, 0.1) is 10.6 Å². The van der Waals surface area contributed by atoms with Crippen molar-refractivity contribution < 1.29 is 22.4 Å². The molecular weight excluding hydrogens is 505 g/mol. The highest BCUT2D eigenvalue weighted by molar-refractivity contribution is 7.92. The molecule has 190 valence electrons. The number of amides is 2. The molecule has 1 N–H and O–H groups in total. The number of para-hydroxylation sites is 1. The Morgan fingerprint density at radius 1 is 1.03 bits per heavy atom. The van der Waals surface area contributed by atoms with E-state index in [2.05, 4.69) is 5.32 Å². The normalized spacial score (nSPS) is 12.0. The van der Waals surface area contributed by atoms with Crippen molar-refractivity contribution in [2.45, 2.75) is 31.3 Å². The zero-order valence-corrected chi connectivity index (χ0v) is 21.7. The molecule has 0 spiro atoms. The molecule has 10 heteroatoms. The molecule has 1 atom stereocenters. The number of hydrogen-bond acceptors (Lipinski definition) is 4. The van der Waals surface area contributed by atoms with Crippen LogP contribution in [0.3, 0.4) is 0 Å². The quantitative estimate of drug-likeness (QED) is 0.449. The van der Waals surface area contributed by atoms with Gasteiger partial charge in [0.15, 0.2) is 0 Å². The van der Waals surface area contributed by atoms with E-state index in [0.717, 1.165) is 15.9 Å². The van der Waals surface area contributed by atoms with Crippen LogP contribution in [-0.4, -0.2) is 44.8 Å². The Morgan fingerprint density at radius 3 is 2.31 bits per heavy atom. The van der Waals surface area contributed by atoms with Gasteiger partial charge in [0.25, 0.3) is 10.0 Å². The molecule has 0 aliphatic rings. The molecule has 3 aromatic rings. The van der Waals surface area contributed by atoms with Gasteiger partial charge < -0.3 is 10.2 Å². The predicted octanol–water partition coefficient (Wildman–Crippen LogP) is 4.15. The van der Waals surface area contributed by atoms with E-state index in [1.54, 1.807) is 36.4 Å². The standard InChI is InChI=1S/C26H27ClFN3O4S/c1-18-11-13-22(14-12-18)36(34,35)31(24-10-5-4-9-23(24)28)17-25(32)30(19(2)26(33)29-3)16-20-7-6-8-21(27)15-20/h4-15,19H,16-17H2,1-3H3,(H,29,33)/t19-/m0/s1. The number of benzene rings is 3. The van der Waals surface area contributed by atoms with E-state index in [9.17, 15) is 22.4 Å². The maximum atomic E-state index is 14.8. The lowest BCUT2D eigenvalue weighted by Gasteiger charge is -2.32. The Hall–Kier alpha value is -3.43. The number of nitrogens with zero attached hydrogens (tertiary/aromatic N) is 2. The van der Waals surface area contributed by atoms with Gasteiger partial charge in [-0.2, -0.15) is 0 Å². The summed E-state index contributed by atoms with van der Waals surface area (Å²) in [6.45, 7) is 2.61. The highest BCUT2D eigenvalue weighted by atomic mass is 35.5. The van der Waals surface area contributed by atoms with Crippen LogP contribution < -0.4 is 9.62 Å². The summed E-state index contributed by atoms with van der Waals surface area (Å²) in [4.78, 5) is 27.2. The number of hydrogen-bond donors (Lipinski definition) is 1. The fourth-order valence-corrected chi connectivity index (χ4v) is 5.26. The van der Waals surface area contributed by atoms with E-state index >= 15 is 0 Å². The first-order valence-electron chi connectivity index (χ1n) is 11.1. The van der Waals surface area contributed by atoms with Crippen LogP contribution in [0.4, 0.5) is 10.1 Å². The fourth-order valence-electron chi connectivity index (χ4n) is 3.63. The van der Waals surface area contributed by atoms with Crippen LogP contribution in [-0.2, 0) is 26.2 Å². The Labute approximate surface area is 215 Å². The van der Waals surface area contributed by atoms with Gasteiger partial charge in [0.2, 0.25) is 11.8 Å². The molecular formula is C26H27ClFN3O4S. The number of carbonyl (C=O) groups excluding carboxylic acids is 2. The van der Waals surface area contributed by atoms with Crippen LogP contribution in [0.2, 0.25) is 5.02 Å². The lowest BCUT2D eigenvalue weighted by atomic mass is 10.1. The molecule has 0 aliphatic heterocycles. The van der Waals surface area contributed by atoms with Crippen molar-refractivity contribution in [3.8, 4) is 0 Å². The van der Waals surface area contributed by atoms with Crippen LogP contribution in [0, 0.1) is 12.7 Å². The maximum Gasteiger partial charge on any atom is 0.264 e. The van der Waals surface area contributed by atoms with Crippen molar-refractivity contribution in [3.63, 3.8) is 0 Å². The molecule has 0 bridgehead atoms. The van der Waals surface area contributed by atoms with E-state index in [1.807, 2.05) is 6.92 Å². The van der Waals surface area contributed by atoms with Crippen molar-refractivity contribution in [1.29, 1.82) is 0 Å². The molecule has 0 saturated carbocycles. The predicted molar refractivity (Wildman–Crippen MR) is 138 cm³/mol. The van der Waals surface area contributed by atoms with E-state index in [0.29, 0.717) is 10.6 Å². The largest absolute Gasteiger partial charge is 0.357 e. The average Bonchev–Trinajstić information content (AvgIpc) is 2.85. The van der Waals surface area contributed by atoms with Crippen LogP contribution >= 0.6 is 11.6 Å². The van der Waals surface area contributed by atoms with E-state index < -0.39 is 40.2 Å². The molecule has 0 saturated heterocycles. The monoisotopic (exact) mass is 531 g/mol. The average molecular weight is 532 g/mol. The van der Waals surface area contributed by atoms with Crippen LogP contribution in [0.25, 0.3) is 0 Å². The molecule has 0 unspecified atom stereocenters. The van der Waals surface area contributed by atoms with Gasteiger partial charge in [-0.15, -0.1) is 0 Å². The van der Waals surface area contributed by atoms with Crippen molar-refractivity contribution in [1.82, 2.24) is 10.2 Å². The van der Waals surface area contributed by atoms with Crippen molar-refractivity contribution in [3.05, 3.63) is 94.8 Å². The maximum absolute atomic E-state index is 14.8. The fraction of sp³-hybridized carbons (Fsp3) is 0.231. The smallest absolute Gasteiger partial charge is 0.264 e. The van der Waals surface area contributed by atoms with Gasteiger partial charge in [-0.25, -0.2) is 12.8 Å². The van der Waals surface area contributed by atoms with Crippen molar-refractivity contribution in [2.75, 3.05) is 17.9 Å². The summed E-state index contributed by atoms with van der Waals surface area (Å²) < 4.78 is 42.8.